The van der Waals surface area contributed by atoms with Crippen LogP contribution in [0.25, 0.3) is 11.2 Å². The minimum Gasteiger partial charge on any atom is -0.462 e. The third kappa shape index (κ3) is 5.92. The zero-order valence-corrected chi connectivity index (χ0v) is 22.6. The van der Waals surface area contributed by atoms with Gasteiger partial charge in [0.25, 0.3) is 0 Å². The molecule has 2 unspecified atom stereocenters. The molecule has 0 amide bonds. The number of anilines is 2. The lowest BCUT2D eigenvalue weighted by molar-refractivity contribution is -0.159. The molecule has 14 nitrogen and oxygen atoms in total. The van der Waals surface area contributed by atoms with Gasteiger partial charge < -0.3 is 30.9 Å². The molecule has 4 rings (SSSR count). The molecule has 3 heterocycles. The summed E-state index contributed by atoms with van der Waals surface area (Å²) in [5.41, 5.74) is 9.45. The summed E-state index contributed by atoms with van der Waals surface area (Å²) in [6.07, 6.45) is -3.56. The van der Waals surface area contributed by atoms with Gasteiger partial charge in [0, 0.05) is 0 Å². The first-order chi connectivity index (χ1) is 18.4. The highest BCUT2D eigenvalue weighted by atomic mass is 31.1. The number of carbonyl (C=O) groups excluding carboxylic acids is 1. The normalized spacial score (nSPS) is 24.3. The molecule has 210 valence electrons. The van der Waals surface area contributed by atoms with Gasteiger partial charge in [0.05, 0.1) is 12.4 Å². The van der Waals surface area contributed by atoms with E-state index in [9.17, 15) is 14.5 Å². The molecule has 1 saturated heterocycles. The fraction of sp³-hybridized carbons (Fsp3) is 0.478. The number of ether oxygens (including phenoxy) is 2. The molecular formula is C23H30FN7O7P+. The molecular weight excluding hydrogens is 536 g/mol. The number of aromatic nitrogens is 4. The maximum absolute atomic E-state index is 15.8. The number of nitrogens with zero attached hydrogens (tertiary/aromatic N) is 5. The van der Waals surface area contributed by atoms with Crippen molar-refractivity contribution in [2.24, 2.45) is 0 Å². The predicted octanol–water partition coefficient (Wildman–Crippen LogP) is 2.29. The molecule has 16 heteroatoms. The van der Waals surface area contributed by atoms with Gasteiger partial charge in [-0.2, -0.15) is 9.97 Å². The van der Waals surface area contributed by atoms with E-state index in [0.29, 0.717) is 0 Å². The lowest BCUT2D eigenvalue weighted by Gasteiger charge is -2.24. The molecule has 0 spiro atoms. The van der Waals surface area contributed by atoms with Gasteiger partial charge >= 0.3 is 14.1 Å². The van der Waals surface area contributed by atoms with Crippen molar-refractivity contribution in [3.8, 4) is 5.75 Å². The number of aliphatic hydroxyl groups excluding tert-OH is 1. The van der Waals surface area contributed by atoms with Crippen molar-refractivity contribution in [3.63, 3.8) is 0 Å². The Morgan fingerprint density at radius 1 is 1.28 bits per heavy atom. The van der Waals surface area contributed by atoms with Gasteiger partial charge in [-0.05, 0) is 44.4 Å². The van der Waals surface area contributed by atoms with Crippen molar-refractivity contribution < 1.29 is 37.7 Å². The number of esters is 1. The van der Waals surface area contributed by atoms with Crippen LogP contribution in [0.4, 0.5) is 16.2 Å². The van der Waals surface area contributed by atoms with E-state index in [-0.39, 0.29) is 28.7 Å². The number of para-hydroxylation sites is 1. The fourth-order valence-corrected chi connectivity index (χ4v) is 4.86. The Morgan fingerprint density at radius 2 is 1.97 bits per heavy atom. The SMILES string of the molecule is CC(C)OC(=O)[C@H](C)N(Oc1ccccc1)[P+](=O)OCC1O[C@@H](n2cnc3c(N)nc(N)nc32)[C@](C)(F)[C@@H]1O. The number of aliphatic hydroxyl groups is 1. The van der Waals surface area contributed by atoms with Crippen molar-refractivity contribution in [1.29, 1.82) is 0 Å². The van der Waals surface area contributed by atoms with Gasteiger partial charge in [-0.15, -0.1) is 4.52 Å². The summed E-state index contributed by atoms with van der Waals surface area (Å²) >= 11 is 0. The van der Waals surface area contributed by atoms with Crippen LogP contribution in [0.3, 0.4) is 0 Å². The minimum absolute atomic E-state index is 0.00384. The third-order valence-electron chi connectivity index (χ3n) is 5.91. The van der Waals surface area contributed by atoms with Crippen molar-refractivity contribution in [2.45, 2.75) is 63.9 Å². The number of alkyl halides is 1. The van der Waals surface area contributed by atoms with Gasteiger partial charge in [-0.1, -0.05) is 18.2 Å². The summed E-state index contributed by atoms with van der Waals surface area (Å²) in [6.45, 7) is 5.40. The lowest BCUT2D eigenvalue weighted by Crippen LogP contribution is -2.41. The highest BCUT2D eigenvalue weighted by molar-refractivity contribution is 7.36. The standard InChI is InChI=1S/C23H30FN7O7P/c1-12(2)36-20(33)13(3)31(38-14-8-6-5-7-9-14)39(34)35-10-15-17(32)23(4,24)21(37-15)30-11-27-16-18(25)28-22(26)29-19(16)30/h5-9,11-13,15,17,21,32H,10H2,1-4H3,(H4,25,26,28,29)/q+1/t13-,15?,17+,21+,23+/m0/s1. The molecule has 2 aromatic heterocycles. The molecule has 1 aliphatic rings. The molecule has 0 saturated carbocycles. The number of benzene rings is 1. The molecule has 3 aromatic rings. The van der Waals surface area contributed by atoms with Gasteiger partial charge in [0.1, 0.15) is 29.2 Å². The molecule has 39 heavy (non-hydrogen) atoms. The lowest BCUT2D eigenvalue weighted by atomic mass is 9.98. The second-order valence-electron chi connectivity index (χ2n) is 9.32. The average Bonchev–Trinajstić information content (AvgIpc) is 3.39. The number of carbonyl (C=O) groups is 1. The van der Waals surface area contributed by atoms with Crippen LogP contribution >= 0.6 is 8.18 Å². The maximum Gasteiger partial charge on any atom is 0.653 e. The van der Waals surface area contributed by atoms with Crippen LogP contribution in [0.15, 0.2) is 36.7 Å². The number of rotatable bonds is 10. The molecule has 6 atom stereocenters. The van der Waals surface area contributed by atoms with E-state index in [1.807, 2.05) is 0 Å². The van der Waals surface area contributed by atoms with Crippen LogP contribution < -0.4 is 16.3 Å². The first-order valence-electron chi connectivity index (χ1n) is 12.0. The van der Waals surface area contributed by atoms with Crippen LogP contribution in [0.2, 0.25) is 0 Å². The Balaban J connectivity index is 1.51. The number of fused-ring (bicyclic) bond motifs is 1. The van der Waals surface area contributed by atoms with Crippen molar-refractivity contribution in [1.82, 2.24) is 24.4 Å². The minimum atomic E-state index is -2.85. The molecule has 1 aliphatic heterocycles. The maximum atomic E-state index is 15.8. The van der Waals surface area contributed by atoms with Crippen LogP contribution in [0.5, 0.6) is 5.75 Å². The third-order valence-corrected chi connectivity index (χ3v) is 7.03. The molecule has 5 N–H and O–H groups in total. The topological polar surface area (TPSA) is 190 Å². The van der Waals surface area contributed by atoms with Gasteiger partial charge in [-0.25, -0.2) is 9.37 Å². The number of halogens is 1. The summed E-state index contributed by atoms with van der Waals surface area (Å²) < 4.78 is 46.7. The predicted molar refractivity (Wildman–Crippen MR) is 137 cm³/mol. The van der Waals surface area contributed by atoms with Crippen molar-refractivity contribution in [3.05, 3.63) is 36.7 Å². The number of imidazole rings is 1. The van der Waals surface area contributed by atoms with E-state index >= 15 is 4.39 Å². The highest BCUT2D eigenvalue weighted by Crippen LogP contribution is 2.44. The number of nitrogen functional groups attached to an aromatic ring is 2. The molecule has 1 fully saturated rings. The quantitative estimate of drug-likeness (QED) is 0.184. The second-order valence-corrected chi connectivity index (χ2v) is 10.4. The fourth-order valence-electron chi connectivity index (χ4n) is 3.94. The Morgan fingerprint density at radius 3 is 2.64 bits per heavy atom. The first-order valence-corrected chi connectivity index (χ1v) is 13.1. The monoisotopic (exact) mass is 566 g/mol. The smallest absolute Gasteiger partial charge is 0.462 e. The van der Waals surface area contributed by atoms with Crippen molar-refractivity contribution in [2.75, 3.05) is 18.1 Å². The number of hydrogen-bond donors (Lipinski definition) is 3. The van der Waals surface area contributed by atoms with E-state index in [1.54, 1.807) is 44.2 Å². The van der Waals surface area contributed by atoms with Crippen LogP contribution in [0.1, 0.15) is 33.9 Å². The van der Waals surface area contributed by atoms with Crippen LogP contribution in [-0.4, -0.2) is 72.1 Å². The molecule has 1 aromatic carbocycles. The summed E-state index contributed by atoms with van der Waals surface area (Å²) in [5, 5.41) is 10.7. The highest BCUT2D eigenvalue weighted by Gasteiger charge is 2.56. The van der Waals surface area contributed by atoms with Gasteiger partial charge in [-0.3, -0.25) is 9.36 Å². The number of hydroxylamine groups is 1. The molecule has 0 radical (unpaired) electrons. The second kappa shape index (κ2) is 11.3. The summed E-state index contributed by atoms with van der Waals surface area (Å²) in [7, 11) is -2.85. The Hall–Kier alpha value is -3.49. The van der Waals surface area contributed by atoms with E-state index in [4.69, 9.17) is 30.3 Å². The summed E-state index contributed by atoms with van der Waals surface area (Å²) in [5.74, 6) is -0.569. The number of nitrogens with two attached hydrogens (primary N) is 2. The zero-order chi connectivity index (χ0) is 28.5. The van der Waals surface area contributed by atoms with E-state index in [2.05, 4.69) is 15.0 Å². The first kappa shape index (κ1) is 28.5. The summed E-state index contributed by atoms with van der Waals surface area (Å²) in [6, 6.07) is 7.19. The van der Waals surface area contributed by atoms with Gasteiger partial charge in [0.2, 0.25) is 5.95 Å². The Bertz CT molecular complexity index is 1340. The Kier molecular flexibility index (Phi) is 8.28. The van der Waals surface area contributed by atoms with E-state index < -0.39 is 57.0 Å². The van der Waals surface area contributed by atoms with E-state index in [0.717, 1.165) is 11.8 Å². The largest absolute Gasteiger partial charge is 0.653 e. The van der Waals surface area contributed by atoms with Gasteiger partial charge in [0.15, 0.2) is 35.2 Å². The zero-order valence-electron chi connectivity index (χ0n) is 21.7. The molecule has 0 aliphatic carbocycles. The summed E-state index contributed by atoms with van der Waals surface area (Å²) in [4.78, 5) is 31.0. The van der Waals surface area contributed by atoms with Crippen LogP contribution in [0, 0.1) is 0 Å². The molecule has 0 bridgehead atoms. The number of hydrogen-bond acceptors (Lipinski definition) is 12. The van der Waals surface area contributed by atoms with Crippen molar-refractivity contribution >= 4 is 37.1 Å². The Labute approximate surface area is 223 Å². The average molecular weight is 567 g/mol. The van der Waals surface area contributed by atoms with Crippen LogP contribution in [-0.2, 0) is 23.4 Å². The van der Waals surface area contributed by atoms with E-state index in [1.165, 1.54) is 17.8 Å².